The van der Waals surface area contributed by atoms with E-state index in [-0.39, 0.29) is 0 Å². The predicted octanol–water partition coefficient (Wildman–Crippen LogP) is 3.65. The minimum Gasteiger partial charge on any atom is -0.461 e. The van der Waals surface area contributed by atoms with Crippen LogP contribution in [0.25, 0.3) is 11.0 Å². The Kier molecular flexibility index (Phi) is 3.66. The predicted molar refractivity (Wildman–Crippen MR) is 70.7 cm³/mol. The van der Waals surface area contributed by atoms with E-state index < -0.39 is 0 Å². The van der Waals surface area contributed by atoms with E-state index in [0.29, 0.717) is 6.54 Å². The Morgan fingerprint density at radius 2 is 2.12 bits per heavy atom. The first-order valence-corrected chi connectivity index (χ1v) is 6.44. The molecule has 0 fully saturated rings. The number of hydrogen-bond acceptors (Lipinski definition) is 2. The fourth-order valence-corrected chi connectivity index (χ4v) is 2.42. The summed E-state index contributed by atoms with van der Waals surface area (Å²) in [4.78, 5) is 0. The Morgan fingerprint density at radius 1 is 1.31 bits per heavy atom. The van der Waals surface area contributed by atoms with Gasteiger partial charge < -0.3 is 10.2 Å². The van der Waals surface area contributed by atoms with Crippen molar-refractivity contribution in [2.24, 2.45) is 5.73 Å². The number of benzene rings is 1. The standard InChI is InChI=1S/C13H16BrNO/c1-2-9-6-11(14)7-10-8-12(4-3-5-15)16-13(9)10/h6-8H,2-5,15H2,1H3. The second-order valence-corrected chi connectivity index (χ2v) is 4.86. The van der Waals surface area contributed by atoms with Gasteiger partial charge in [-0.05, 0) is 43.1 Å². The molecule has 0 amide bonds. The summed E-state index contributed by atoms with van der Waals surface area (Å²) in [7, 11) is 0. The molecule has 0 saturated heterocycles. The van der Waals surface area contributed by atoms with E-state index in [1.165, 1.54) is 10.9 Å². The average Bonchev–Trinajstić information content (AvgIpc) is 2.67. The SMILES string of the molecule is CCc1cc(Br)cc2cc(CCCN)oc12. The summed E-state index contributed by atoms with van der Waals surface area (Å²) in [6.45, 7) is 2.85. The van der Waals surface area contributed by atoms with Crippen LogP contribution in [0.5, 0.6) is 0 Å². The molecule has 0 saturated carbocycles. The smallest absolute Gasteiger partial charge is 0.137 e. The van der Waals surface area contributed by atoms with Gasteiger partial charge in [0.05, 0.1) is 0 Å². The summed E-state index contributed by atoms with van der Waals surface area (Å²) >= 11 is 3.52. The first-order chi connectivity index (χ1) is 7.74. The monoisotopic (exact) mass is 281 g/mol. The van der Waals surface area contributed by atoms with E-state index in [9.17, 15) is 0 Å². The highest BCUT2D eigenvalue weighted by atomic mass is 79.9. The van der Waals surface area contributed by atoms with Gasteiger partial charge in [-0.25, -0.2) is 0 Å². The quantitative estimate of drug-likeness (QED) is 0.929. The second-order valence-electron chi connectivity index (χ2n) is 3.94. The van der Waals surface area contributed by atoms with Crippen LogP contribution >= 0.6 is 15.9 Å². The van der Waals surface area contributed by atoms with Crippen LogP contribution in [0.2, 0.25) is 0 Å². The molecule has 86 valence electrons. The molecule has 2 aromatic rings. The van der Waals surface area contributed by atoms with Crippen molar-refractivity contribution in [1.82, 2.24) is 0 Å². The van der Waals surface area contributed by atoms with Gasteiger partial charge in [0, 0.05) is 16.3 Å². The first kappa shape index (κ1) is 11.7. The third-order valence-corrected chi connectivity index (χ3v) is 3.18. The lowest BCUT2D eigenvalue weighted by molar-refractivity contribution is 0.537. The third kappa shape index (κ3) is 2.30. The largest absolute Gasteiger partial charge is 0.461 e. The van der Waals surface area contributed by atoms with Gasteiger partial charge in [-0.2, -0.15) is 0 Å². The Balaban J connectivity index is 2.43. The molecule has 0 aliphatic rings. The molecule has 1 aromatic carbocycles. The van der Waals surface area contributed by atoms with E-state index in [4.69, 9.17) is 10.2 Å². The molecule has 2 nitrogen and oxygen atoms in total. The molecular formula is C13H16BrNO. The minimum absolute atomic E-state index is 0.710. The van der Waals surface area contributed by atoms with Crippen molar-refractivity contribution in [3.8, 4) is 0 Å². The molecule has 1 heterocycles. The molecule has 16 heavy (non-hydrogen) atoms. The lowest BCUT2D eigenvalue weighted by atomic mass is 10.1. The van der Waals surface area contributed by atoms with E-state index >= 15 is 0 Å². The van der Waals surface area contributed by atoms with Gasteiger partial charge >= 0.3 is 0 Å². The summed E-state index contributed by atoms with van der Waals surface area (Å²) in [5.41, 5.74) is 7.78. The topological polar surface area (TPSA) is 39.2 Å². The molecule has 0 aliphatic carbocycles. The molecule has 0 radical (unpaired) electrons. The number of fused-ring (bicyclic) bond motifs is 1. The van der Waals surface area contributed by atoms with Gasteiger partial charge in [-0.1, -0.05) is 22.9 Å². The van der Waals surface area contributed by atoms with Gasteiger partial charge in [-0.3, -0.25) is 0 Å². The maximum Gasteiger partial charge on any atom is 0.137 e. The zero-order valence-corrected chi connectivity index (χ0v) is 11.0. The van der Waals surface area contributed by atoms with E-state index in [2.05, 4.69) is 41.1 Å². The van der Waals surface area contributed by atoms with Crippen molar-refractivity contribution in [1.29, 1.82) is 0 Å². The van der Waals surface area contributed by atoms with Gasteiger partial charge in [0.1, 0.15) is 11.3 Å². The first-order valence-electron chi connectivity index (χ1n) is 5.65. The molecule has 3 heteroatoms. The van der Waals surface area contributed by atoms with Crippen LogP contribution in [0.3, 0.4) is 0 Å². The Bertz CT molecular complexity index is 490. The van der Waals surface area contributed by atoms with Crippen LogP contribution in [-0.2, 0) is 12.8 Å². The fourth-order valence-electron chi connectivity index (χ4n) is 1.90. The summed E-state index contributed by atoms with van der Waals surface area (Å²) in [5.74, 6) is 1.04. The lowest BCUT2D eigenvalue weighted by Gasteiger charge is -1.99. The summed E-state index contributed by atoms with van der Waals surface area (Å²) in [6, 6.07) is 6.34. The molecule has 2 N–H and O–H groups in total. The Labute approximate surface area is 104 Å². The van der Waals surface area contributed by atoms with E-state index in [1.807, 2.05) is 0 Å². The Morgan fingerprint density at radius 3 is 2.81 bits per heavy atom. The van der Waals surface area contributed by atoms with Crippen LogP contribution in [-0.4, -0.2) is 6.54 Å². The maximum atomic E-state index is 5.87. The van der Waals surface area contributed by atoms with Gasteiger partial charge in [0.25, 0.3) is 0 Å². The normalized spacial score (nSPS) is 11.2. The second kappa shape index (κ2) is 5.02. The van der Waals surface area contributed by atoms with Crippen molar-refractivity contribution in [2.75, 3.05) is 6.54 Å². The van der Waals surface area contributed by atoms with Crippen molar-refractivity contribution in [3.05, 3.63) is 34.0 Å². The highest BCUT2D eigenvalue weighted by molar-refractivity contribution is 9.10. The van der Waals surface area contributed by atoms with Crippen molar-refractivity contribution < 1.29 is 4.42 Å². The average molecular weight is 282 g/mol. The highest BCUT2D eigenvalue weighted by Crippen LogP contribution is 2.28. The summed E-state index contributed by atoms with van der Waals surface area (Å²) < 4.78 is 6.98. The van der Waals surface area contributed by atoms with Crippen LogP contribution in [0.4, 0.5) is 0 Å². The molecule has 0 atom stereocenters. The van der Waals surface area contributed by atoms with E-state index in [0.717, 1.165) is 35.1 Å². The van der Waals surface area contributed by atoms with Crippen molar-refractivity contribution in [3.63, 3.8) is 0 Å². The number of rotatable bonds is 4. The number of furan rings is 1. The lowest BCUT2D eigenvalue weighted by Crippen LogP contribution is -1.99. The summed E-state index contributed by atoms with van der Waals surface area (Å²) in [6.07, 6.45) is 2.88. The fraction of sp³-hybridized carbons (Fsp3) is 0.385. The zero-order valence-electron chi connectivity index (χ0n) is 9.42. The zero-order chi connectivity index (χ0) is 11.5. The molecule has 0 aliphatic heterocycles. The number of nitrogens with two attached hydrogens (primary N) is 1. The minimum atomic E-state index is 0.710. The third-order valence-electron chi connectivity index (χ3n) is 2.72. The molecule has 1 aromatic heterocycles. The number of aryl methyl sites for hydroxylation is 2. The maximum absolute atomic E-state index is 5.87. The van der Waals surface area contributed by atoms with E-state index in [1.54, 1.807) is 0 Å². The molecular weight excluding hydrogens is 266 g/mol. The molecule has 0 unspecified atom stereocenters. The van der Waals surface area contributed by atoms with Crippen molar-refractivity contribution in [2.45, 2.75) is 26.2 Å². The van der Waals surface area contributed by atoms with Crippen LogP contribution in [0.1, 0.15) is 24.7 Å². The molecule has 0 spiro atoms. The molecule has 0 bridgehead atoms. The van der Waals surface area contributed by atoms with Crippen LogP contribution in [0.15, 0.2) is 27.1 Å². The van der Waals surface area contributed by atoms with Crippen LogP contribution in [0, 0.1) is 0 Å². The number of hydrogen-bond donors (Lipinski definition) is 1. The molecule has 2 rings (SSSR count). The van der Waals surface area contributed by atoms with Crippen LogP contribution < -0.4 is 5.73 Å². The van der Waals surface area contributed by atoms with Gasteiger partial charge in [0.2, 0.25) is 0 Å². The Hall–Kier alpha value is -0.800. The van der Waals surface area contributed by atoms with Crippen molar-refractivity contribution >= 4 is 26.9 Å². The highest BCUT2D eigenvalue weighted by Gasteiger charge is 2.08. The van der Waals surface area contributed by atoms with Gasteiger partial charge in [-0.15, -0.1) is 0 Å². The number of halogens is 1. The summed E-state index contributed by atoms with van der Waals surface area (Å²) in [5, 5.41) is 1.18. The van der Waals surface area contributed by atoms with Gasteiger partial charge in [0.15, 0.2) is 0 Å².